The fourth-order valence-electron chi connectivity index (χ4n) is 4.42. The van der Waals surface area contributed by atoms with Gasteiger partial charge in [-0.25, -0.2) is 18.7 Å². The van der Waals surface area contributed by atoms with Gasteiger partial charge in [-0.15, -0.1) is 0 Å². The molecule has 4 aromatic rings. The summed E-state index contributed by atoms with van der Waals surface area (Å²) >= 11 is 0. The van der Waals surface area contributed by atoms with E-state index in [1.54, 1.807) is 18.5 Å². The normalized spacial score (nSPS) is 16.6. The van der Waals surface area contributed by atoms with E-state index >= 15 is 0 Å². The summed E-state index contributed by atoms with van der Waals surface area (Å²) in [6.45, 7) is 4.46. The molecule has 1 aromatic carbocycles. The molecule has 1 aliphatic heterocycles. The molecule has 168 valence electrons. The van der Waals surface area contributed by atoms with Gasteiger partial charge in [0.15, 0.2) is 0 Å². The molecular formula is C24H23F2N7. The number of imidazole rings is 1. The number of aromatic nitrogens is 4. The summed E-state index contributed by atoms with van der Waals surface area (Å²) in [6, 6.07) is 9.67. The Hall–Kier alpha value is -3.80. The van der Waals surface area contributed by atoms with Crippen molar-refractivity contribution in [1.82, 2.24) is 19.4 Å². The number of nitriles is 1. The molecule has 0 amide bonds. The Morgan fingerprint density at radius 1 is 1.21 bits per heavy atom. The number of anilines is 2. The van der Waals surface area contributed by atoms with Crippen LogP contribution in [0.2, 0.25) is 0 Å². The number of alkyl halides is 2. The van der Waals surface area contributed by atoms with Crippen molar-refractivity contribution in [2.75, 3.05) is 23.3 Å². The van der Waals surface area contributed by atoms with Crippen LogP contribution in [0.4, 0.5) is 20.4 Å². The van der Waals surface area contributed by atoms with Crippen LogP contribution in [0.15, 0.2) is 42.9 Å². The third-order valence-electron chi connectivity index (χ3n) is 6.35. The highest BCUT2D eigenvalue weighted by molar-refractivity contribution is 5.92. The lowest BCUT2D eigenvalue weighted by atomic mass is 9.98. The Kier molecular flexibility index (Phi) is 5.08. The number of rotatable bonds is 4. The largest absolute Gasteiger partial charge is 0.363 e. The van der Waals surface area contributed by atoms with E-state index in [1.807, 2.05) is 47.5 Å². The first-order chi connectivity index (χ1) is 15.9. The van der Waals surface area contributed by atoms with Gasteiger partial charge in [-0.1, -0.05) is 12.1 Å². The molecule has 0 unspecified atom stereocenters. The third-order valence-corrected chi connectivity index (χ3v) is 6.35. The van der Waals surface area contributed by atoms with Crippen LogP contribution in [0.5, 0.6) is 0 Å². The molecule has 4 heterocycles. The lowest BCUT2D eigenvalue weighted by molar-refractivity contribution is -0.0221. The van der Waals surface area contributed by atoms with Crippen molar-refractivity contribution in [3.05, 3.63) is 59.5 Å². The van der Waals surface area contributed by atoms with Crippen molar-refractivity contribution < 1.29 is 8.78 Å². The summed E-state index contributed by atoms with van der Waals surface area (Å²) in [6.07, 6.45) is 4.88. The first kappa shape index (κ1) is 21.1. The standard InChI is InChI=1S/C24H23F2N7/c1-15-17(13-27)4-3-5-18(15)16(2)30-22-19-12-21(32-9-6-24(25,26)7-10-32)29-14-20(19)33-11-8-28-23(33)31-22/h3-5,8,11-12,14,16H,6-7,9-10H2,1-2H3,(H,28,30,31)/t16-/m1/s1. The maximum atomic E-state index is 13.6. The number of nitrogens with one attached hydrogen (secondary N) is 1. The third kappa shape index (κ3) is 3.82. The Morgan fingerprint density at radius 2 is 2.00 bits per heavy atom. The Balaban J connectivity index is 1.56. The van der Waals surface area contributed by atoms with E-state index in [9.17, 15) is 14.0 Å². The molecule has 3 aromatic heterocycles. The van der Waals surface area contributed by atoms with Crippen LogP contribution in [0.1, 0.15) is 42.5 Å². The fourth-order valence-corrected chi connectivity index (χ4v) is 4.42. The summed E-state index contributed by atoms with van der Waals surface area (Å²) < 4.78 is 29.1. The van der Waals surface area contributed by atoms with Crippen LogP contribution < -0.4 is 10.2 Å². The van der Waals surface area contributed by atoms with Crippen LogP contribution in [-0.2, 0) is 0 Å². The van der Waals surface area contributed by atoms with Crippen molar-refractivity contribution in [1.29, 1.82) is 5.26 Å². The lowest BCUT2D eigenvalue weighted by Crippen LogP contribution is -2.39. The quantitative estimate of drug-likeness (QED) is 0.481. The van der Waals surface area contributed by atoms with Gasteiger partial charge in [-0.05, 0) is 37.1 Å². The van der Waals surface area contributed by atoms with Crippen molar-refractivity contribution in [2.24, 2.45) is 0 Å². The van der Waals surface area contributed by atoms with E-state index < -0.39 is 5.92 Å². The van der Waals surface area contributed by atoms with Gasteiger partial charge in [-0.3, -0.25) is 4.40 Å². The van der Waals surface area contributed by atoms with Gasteiger partial charge in [0.2, 0.25) is 5.78 Å². The molecule has 0 aliphatic carbocycles. The number of hydrogen-bond donors (Lipinski definition) is 1. The molecule has 1 aliphatic rings. The van der Waals surface area contributed by atoms with Crippen LogP contribution in [-0.4, -0.2) is 38.4 Å². The van der Waals surface area contributed by atoms with Crippen LogP contribution >= 0.6 is 0 Å². The van der Waals surface area contributed by atoms with E-state index in [0.717, 1.165) is 22.0 Å². The SMILES string of the molecule is Cc1c(C#N)cccc1[C@@H](C)Nc1nc2nccn2c2cnc(N3CCC(F)(F)CC3)cc12. The maximum absolute atomic E-state index is 13.6. The summed E-state index contributed by atoms with van der Waals surface area (Å²) in [4.78, 5) is 15.5. The number of halogens is 2. The summed E-state index contributed by atoms with van der Waals surface area (Å²) in [7, 11) is 0. The number of nitrogens with zero attached hydrogens (tertiary/aromatic N) is 6. The second-order valence-corrected chi connectivity index (χ2v) is 8.46. The van der Waals surface area contributed by atoms with E-state index in [0.29, 0.717) is 23.0 Å². The van der Waals surface area contributed by atoms with Gasteiger partial charge in [0.1, 0.15) is 11.6 Å². The molecule has 5 rings (SSSR count). The van der Waals surface area contributed by atoms with Crippen LogP contribution in [0, 0.1) is 18.3 Å². The van der Waals surface area contributed by atoms with Gasteiger partial charge in [0.25, 0.3) is 5.92 Å². The first-order valence-electron chi connectivity index (χ1n) is 10.9. The summed E-state index contributed by atoms with van der Waals surface area (Å²) in [5.74, 6) is -0.802. The fraction of sp³-hybridized carbons (Fsp3) is 0.333. The molecule has 0 saturated carbocycles. The van der Waals surface area contributed by atoms with Crippen molar-refractivity contribution in [2.45, 2.75) is 38.7 Å². The highest BCUT2D eigenvalue weighted by atomic mass is 19.3. The molecule has 1 saturated heterocycles. The van der Waals surface area contributed by atoms with Crippen molar-refractivity contribution >= 4 is 28.3 Å². The lowest BCUT2D eigenvalue weighted by Gasteiger charge is -2.32. The number of fused-ring (bicyclic) bond motifs is 3. The Morgan fingerprint density at radius 3 is 2.76 bits per heavy atom. The number of piperidine rings is 1. The molecule has 1 N–H and O–H groups in total. The molecule has 0 spiro atoms. The highest BCUT2D eigenvalue weighted by Gasteiger charge is 2.34. The average Bonchev–Trinajstić information content (AvgIpc) is 3.27. The summed E-state index contributed by atoms with van der Waals surface area (Å²) in [5, 5.41) is 13.7. The second kappa shape index (κ2) is 7.96. The number of hydrogen-bond acceptors (Lipinski definition) is 6. The number of benzene rings is 1. The van der Waals surface area contributed by atoms with Gasteiger partial charge < -0.3 is 10.2 Å². The second-order valence-electron chi connectivity index (χ2n) is 8.46. The number of pyridine rings is 1. The predicted molar refractivity (Wildman–Crippen MR) is 123 cm³/mol. The zero-order chi connectivity index (χ0) is 23.2. The van der Waals surface area contributed by atoms with Gasteiger partial charge >= 0.3 is 0 Å². The van der Waals surface area contributed by atoms with Crippen LogP contribution in [0.3, 0.4) is 0 Å². The minimum Gasteiger partial charge on any atom is -0.363 e. The smallest absolute Gasteiger partial charge is 0.251 e. The summed E-state index contributed by atoms with van der Waals surface area (Å²) in [5.41, 5.74) is 3.37. The molecule has 9 heteroatoms. The minimum atomic E-state index is -2.62. The van der Waals surface area contributed by atoms with Gasteiger partial charge in [-0.2, -0.15) is 10.2 Å². The van der Waals surface area contributed by atoms with E-state index in [2.05, 4.69) is 21.4 Å². The van der Waals surface area contributed by atoms with Crippen molar-refractivity contribution in [3.8, 4) is 6.07 Å². The average molecular weight is 447 g/mol. The van der Waals surface area contributed by atoms with Gasteiger partial charge in [0.05, 0.1) is 29.4 Å². The minimum absolute atomic E-state index is 0.128. The molecule has 1 fully saturated rings. The van der Waals surface area contributed by atoms with E-state index in [1.165, 1.54) is 0 Å². The topological polar surface area (TPSA) is 82.1 Å². The zero-order valence-corrected chi connectivity index (χ0v) is 18.4. The first-order valence-corrected chi connectivity index (χ1v) is 10.9. The molecular weight excluding hydrogens is 424 g/mol. The van der Waals surface area contributed by atoms with E-state index in [-0.39, 0.29) is 32.0 Å². The maximum Gasteiger partial charge on any atom is 0.251 e. The van der Waals surface area contributed by atoms with E-state index in [4.69, 9.17) is 4.98 Å². The Labute approximate surface area is 189 Å². The molecule has 1 atom stereocenters. The molecule has 0 bridgehead atoms. The molecule has 33 heavy (non-hydrogen) atoms. The Bertz CT molecular complexity index is 1380. The van der Waals surface area contributed by atoms with Crippen molar-refractivity contribution in [3.63, 3.8) is 0 Å². The zero-order valence-electron chi connectivity index (χ0n) is 18.4. The van der Waals surface area contributed by atoms with Crippen LogP contribution in [0.25, 0.3) is 16.7 Å². The predicted octanol–water partition coefficient (Wildman–Crippen LogP) is 4.87. The molecule has 7 nitrogen and oxygen atoms in total. The highest BCUT2D eigenvalue weighted by Crippen LogP contribution is 2.33. The van der Waals surface area contributed by atoms with Gasteiger partial charge in [0, 0.05) is 43.7 Å². The monoisotopic (exact) mass is 447 g/mol. The molecule has 0 radical (unpaired) electrons.